The van der Waals surface area contributed by atoms with Crippen molar-refractivity contribution in [2.45, 2.75) is 19.8 Å². The van der Waals surface area contributed by atoms with E-state index in [0.29, 0.717) is 44.1 Å². The van der Waals surface area contributed by atoms with E-state index in [1.807, 2.05) is 44.2 Å². The van der Waals surface area contributed by atoms with Gasteiger partial charge in [-0.3, -0.25) is 4.79 Å². The number of thioether (sulfide) groups is 1. The smallest absolute Gasteiger partial charge is 0.322 e. The monoisotopic (exact) mass is 562 g/mol. The summed E-state index contributed by atoms with van der Waals surface area (Å²) >= 11 is 13.8. The van der Waals surface area contributed by atoms with Crippen LogP contribution in [0.2, 0.25) is 10.0 Å². The molecule has 3 aromatic carbocycles. The van der Waals surface area contributed by atoms with E-state index in [1.165, 1.54) is 0 Å². The number of hydrogen-bond acceptors (Lipinski definition) is 4. The lowest BCUT2D eigenvalue weighted by atomic mass is 9.81. The Hall–Kier alpha value is -3.52. The summed E-state index contributed by atoms with van der Waals surface area (Å²) in [5.41, 5.74) is 5.67. The molecule has 3 aromatic rings. The van der Waals surface area contributed by atoms with Gasteiger partial charge in [0.15, 0.2) is 0 Å². The Morgan fingerprint density at radius 2 is 1.63 bits per heavy atom. The first-order valence-electron chi connectivity index (χ1n) is 11.9. The van der Waals surface area contributed by atoms with E-state index in [4.69, 9.17) is 28.2 Å². The molecule has 38 heavy (non-hydrogen) atoms. The Morgan fingerprint density at radius 1 is 0.895 bits per heavy atom. The zero-order valence-corrected chi connectivity index (χ0v) is 23.0. The molecule has 2 aliphatic rings. The van der Waals surface area contributed by atoms with Crippen LogP contribution in [0.25, 0.3) is 0 Å². The van der Waals surface area contributed by atoms with E-state index in [2.05, 4.69) is 16.0 Å². The summed E-state index contributed by atoms with van der Waals surface area (Å²) in [6.07, 6.45) is 0. The quantitative estimate of drug-likeness (QED) is 0.300. The van der Waals surface area contributed by atoms with Crippen LogP contribution in [0.3, 0.4) is 0 Å². The first kappa shape index (κ1) is 26.1. The van der Waals surface area contributed by atoms with Gasteiger partial charge in [-0.1, -0.05) is 71.4 Å². The minimum absolute atomic E-state index is 0.260. The maximum atomic E-state index is 13.7. The lowest BCUT2D eigenvalue weighted by Gasteiger charge is -2.28. The number of amides is 3. The van der Waals surface area contributed by atoms with Crippen molar-refractivity contribution in [2.24, 2.45) is 4.99 Å². The van der Waals surface area contributed by atoms with Gasteiger partial charge in [0.2, 0.25) is 0 Å². The van der Waals surface area contributed by atoms with Crippen LogP contribution >= 0.6 is 35.0 Å². The second-order valence-corrected chi connectivity index (χ2v) is 10.7. The molecule has 0 aliphatic carbocycles. The van der Waals surface area contributed by atoms with Crippen molar-refractivity contribution >= 4 is 63.3 Å². The SMILES string of the molecule is CC1=C(C(=O)Nc2ccc(Cl)cc2)C(c2ccccc2)C2=C(NC(=O)Nc3cccc(Cl)c3C)CSC2=N1. The van der Waals surface area contributed by atoms with Crippen molar-refractivity contribution in [2.75, 3.05) is 16.4 Å². The van der Waals surface area contributed by atoms with Crippen LogP contribution in [0.4, 0.5) is 16.2 Å². The predicted molar refractivity (Wildman–Crippen MR) is 157 cm³/mol. The summed E-state index contributed by atoms with van der Waals surface area (Å²) in [4.78, 5) is 31.5. The number of aliphatic imine (C=N–C) groups is 1. The van der Waals surface area contributed by atoms with Gasteiger partial charge in [-0.25, -0.2) is 9.79 Å². The van der Waals surface area contributed by atoms with E-state index in [0.717, 1.165) is 21.7 Å². The molecule has 3 amide bonds. The molecule has 9 heteroatoms. The highest BCUT2D eigenvalue weighted by atomic mass is 35.5. The van der Waals surface area contributed by atoms with Crippen LogP contribution < -0.4 is 16.0 Å². The van der Waals surface area contributed by atoms with Crippen LogP contribution in [-0.4, -0.2) is 22.7 Å². The average Bonchev–Trinajstić information content (AvgIpc) is 3.29. The summed E-state index contributed by atoms with van der Waals surface area (Å²) < 4.78 is 0. The number of carbonyl (C=O) groups excluding carboxylic acids is 2. The number of fused-ring (bicyclic) bond motifs is 1. The number of carbonyl (C=O) groups is 2. The minimum atomic E-state index is -0.408. The first-order chi connectivity index (χ1) is 18.3. The highest BCUT2D eigenvalue weighted by Crippen LogP contribution is 2.45. The normalized spacial score (nSPS) is 16.6. The van der Waals surface area contributed by atoms with Crippen LogP contribution in [0.1, 0.15) is 24.0 Å². The number of urea groups is 1. The lowest BCUT2D eigenvalue weighted by molar-refractivity contribution is -0.113. The summed E-state index contributed by atoms with van der Waals surface area (Å²) in [7, 11) is 0. The van der Waals surface area contributed by atoms with Crippen molar-refractivity contribution in [1.29, 1.82) is 0 Å². The van der Waals surface area contributed by atoms with Crippen molar-refractivity contribution < 1.29 is 9.59 Å². The Labute approximate surface area is 235 Å². The number of nitrogens with one attached hydrogen (secondary N) is 3. The maximum Gasteiger partial charge on any atom is 0.323 e. The number of allylic oxidation sites excluding steroid dienone is 1. The highest BCUT2D eigenvalue weighted by Gasteiger charge is 2.39. The zero-order chi connectivity index (χ0) is 26.8. The minimum Gasteiger partial charge on any atom is -0.322 e. The largest absolute Gasteiger partial charge is 0.323 e. The summed E-state index contributed by atoms with van der Waals surface area (Å²) in [6.45, 7) is 3.69. The van der Waals surface area contributed by atoms with Gasteiger partial charge < -0.3 is 16.0 Å². The van der Waals surface area contributed by atoms with Crippen LogP contribution in [0, 0.1) is 6.92 Å². The van der Waals surface area contributed by atoms with E-state index >= 15 is 0 Å². The molecule has 3 N–H and O–H groups in total. The van der Waals surface area contributed by atoms with Crippen molar-refractivity contribution in [3.05, 3.63) is 117 Å². The van der Waals surface area contributed by atoms with E-state index < -0.39 is 5.92 Å². The molecular weight excluding hydrogens is 539 g/mol. The molecule has 0 spiro atoms. The van der Waals surface area contributed by atoms with Gasteiger partial charge >= 0.3 is 6.03 Å². The molecular formula is C29H24Cl2N4O2S. The van der Waals surface area contributed by atoms with Gasteiger partial charge in [0.25, 0.3) is 5.91 Å². The predicted octanol–water partition coefficient (Wildman–Crippen LogP) is 7.53. The molecule has 2 heterocycles. The molecule has 1 unspecified atom stereocenters. The van der Waals surface area contributed by atoms with Crippen molar-refractivity contribution in [3.63, 3.8) is 0 Å². The number of nitrogens with zero attached hydrogens (tertiary/aromatic N) is 1. The number of rotatable bonds is 5. The highest BCUT2D eigenvalue weighted by molar-refractivity contribution is 8.15. The summed E-state index contributed by atoms with van der Waals surface area (Å²) in [5, 5.41) is 10.8. The Balaban J connectivity index is 1.50. The second-order valence-electron chi connectivity index (χ2n) is 8.89. The number of anilines is 2. The van der Waals surface area contributed by atoms with E-state index in [-0.39, 0.29) is 11.9 Å². The zero-order valence-electron chi connectivity index (χ0n) is 20.6. The lowest BCUT2D eigenvalue weighted by Crippen LogP contribution is -2.32. The van der Waals surface area contributed by atoms with Gasteiger partial charge in [0.05, 0.1) is 5.57 Å². The Kier molecular flexibility index (Phi) is 7.61. The van der Waals surface area contributed by atoms with Crippen LogP contribution in [-0.2, 0) is 4.79 Å². The maximum absolute atomic E-state index is 13.7. The first-order valence-corrected chi connectivity index (χ1v) is 13.7. The molecule has 5 rings (SSSR count). The standard InChI is InChI=1S/C29H24Cl2N4O2S/c1-16-21(31)9-6-10-22(16)34-29(37)35-23-15-38-28-26(23)25(18-7-4-3-5-8-18)24(17(2)32-28)27(36)33-20-13-11-19(30)12-14-20/h3-14,25H,15H2,1-2H3,(H,33,36)(H2,34,35,37). The fourth-order valence-corrected chi connectivity index (χ4v) is 5.93. The summed E-state index contributed by atoms with van der Waals surface area (Å²) in [6, 6.07) is 21.7. The Bertz CT molecular complexity index is 1520. The number of hydrogen-bond donors (Lipinski definition) is 3. The van der Waals surface area contributed by atoms with E-state index in [1.54, 1.807) is 54.2 Å². The Morgan fingerprint density at radius 3 is 2.37 bits per heavy atom. The topological polar surface area (TPSA) is 82.6 Å². The van der Waals surface area contributed by atoms with Gasteiger partial charge in [-0.05, 0) is 61.4 Å². The fraction of sp³-hybridized carbons (Fsp3) is 0.138. The van der Waals surface area contributed by atoms with Crippen molar-refractivity contribution in [1.82, 2.24) is 5.32 Å². The van der Waals surface area contributed by atoms with Crippen molar-refractivity contribution in [3.8, 4) is 0 Å². The summed E-state index contributed by atoms with van der Waals surface area (Å²) in [5.74, 6) is -0.142. The molecule has 6 nitrogen and oxygen atoms in total. The third-order valence-corrected chi connectivity index (χ3v) is 8.08. The van der Waals surface area contributed by atoms with Crippen LogP contribution in [0.15, 0.2) is 100 Å². The molecule has 0 aromatic heterocycles. The molecule has 0 radical (unpaired) electrons. The molecule has 0 saturated carbocycles. The third kappa shape index (κ3) is 5.36. The van der Waals surface area contributed by atoms with Gasteiger partial charge in [-0.15, -0.1) is 0 Å². The van der Waals surface area contributed by atoms with Gasteiger partial charge in [-0.2, -0.15) is 0 Å². The van der Waals surface area contributed by atoms with Gasteiger partial charge in [0, 0.05) is 50.1 Å². The number of halogens is 2. The second kappa shape index (κ2) is 11.1. The molecule has 1 atom stereocenters. The molecule has 0 fully saturated rings. The third-order valence-electron chi connectivity index (χ3n) is 6.41. The number of benzene rings is 3. The molecule has 0 saturated heterocycles. The molecule has 0 bridgehead atoms. The fourth-order valence-electron chi connectivity index (χ4n) is 4.52. The molecule has 192 valence electrons. The average molecular weight is 564 g/mol. The molecule has 2 aliphatic heterocycles. The van der Waals surface area contributed by atoms with Gasteiger partial charge in [0.1, 0.15) is 5.04 Å². The van der Waals surface area contributed by atoms with Crippen LogP contribution in [0.5, 0.6) is 0 Å². The van der Waals surface area contributed by atoms with E-state index in [9.17, 15) is 9.59 Å².